The van der Waals surface area contributed by atoms with Gasteiger partial charge in [0.1, 0.15) is 11.6 Å². The number of aromatic nitrogens is 4. The van der Waals surface area contributed by atoms with Crippen LogP contribution in [0.5, 0.6) is 0 Å². The lowest BCUT2D eigenvalue weighted by Gasteiger charge is -2.16. The van der Waals surface area contributed by atoms with Crippen LogP contribution in [0.1, 0.15) is 34.8 Å². The average molecular weight is 397 g/mol. The number of nitrogens with zero attached hydrogens (tertiary/aromatic N) is 5. The fourth-order valence-electron chi connectivity index (χ4n) is 3.25. The van der Waals surface area contributed by atoms with E-state index in [2.05, 4.69) is 25.3 Å². The molecule has 1 aromatic carbocycles. The molecule has 1 aliphatic rings. The van der Waals surface area contributed by atoms with E-state index in [0.29, 0.717) is 23.1 Å². The van der Waals surface area contributed by atoms with Gasteiger partial charge in [-0.3, -0.25) is 4.79 Å². The second kappa shape index (κ2) is 7.98. The number of hydrogen-bond acceptors (Lipinski definition) is 5. The summed E-state index contributed by atoms with van der Waals surface area (Å²) in [5.41, 5.74) is 1.62. The molecule has 1 aliphatic heterocycles. The Balaban J connectivity index is 1.41. The standard InChI is InChI=1S/C20H21ClN6O/c1-14-24-19(25-27(14)17-7-3-2-6-16(17)21)20(28)23-13-15-8-9-18(22-12-15)26-10-4-5-11-26/h2-3,6-9,12H,4-5,10-11,13H2,1H3,(H,23,28). The predicted molar refractivity (Wildman–Crippen MR) is 108 cm³/mol. The number of anilines is 1. The number of halogens is 1. The second-order valence-electron chi connectivity index (χ2n) is 6.75. The molecule has 3 heterocycles. The van der Waals surface area contributed by atoms with Crippen molar-refractivity contribution in [3.8, 4) is 5.69 Å². The van der Waals surface area contributed by atoms with Gasteiger partial charge in [-0.1, -0.05) is 29.8 Å². The monoisotopic (exact) mass is 396 g/mol. The van der Waals surface area contributed by atoms with Gasteiger partial charge in [0.25, 0.3) is 5.91 Å². The van der Waals surface area contributed by atoms with Gasteiger partial charge >= 0.3 is 0 Å². The molecule has 4 rings (SSSR count). The van der Waals surface area contributed by atoms with Gasteiger partial charge in [0.2, 0.25) is 5.82 Å². The summed E-state index contributed by atoms with van der Waals surface area (Å²) in [6.07, 6.45) is 4.23. The molecule has 1 fully saturated rings. The molecular formula is C20H21ClN6O. The first-order chi connectivity index (χ1) is 13.6. The Bertz CT molecular complexity index is 979. The number of para-hydroxylation sites is 1. The maximum atomic E-state index is 12.5. The highest BCUT2D eigenvalue weighted by molar-refractivity contribution is 6.32. The SMILES string of the molecule is Cc1nc(C(=O)NCc2ccc(N3CCCC3)nc2)nn1-c1ccccc1Cl. The maximum Gasteiger partial charge on any atom is 0.291 e. The van der Waals surface area contributed by atoms with E-state index in [-0.39, 0.29) is 11.7 Å². The van der Waals surface area contributed by atoms with Crippen molar-refractivity contribution in [1.29, 1.82) is 0 Å². The van der Waals surface area contributed by atoms with Crippen molar-refractivity contribution in [3.63, 3.8) is 0 Å². The lowest BCUT2D eigenvalue weighted by atomic mass is 10.2. The van der Waals surface area contributed by atoms with E-state index in [0.717, 1.165) is 24.5 Å². The highest BCUT2D eigenvalue weighted by Crippen LogP contribution is 2.20. The third kappa shape index (κ3) is 3.84. The number of nitrogens with one attached hydrogen (secondary N) is 1. The van der Waals surface area contributed by atoms with Gasteiger partial charge in [0.15, 0.2) is 0 Å². The molecule has 8 heteroatoms. The van der Waals surface area contributed by atoms with Gasteiger partial charge in [0.05, 0.1) is 10.7 Å². The third-order valence-electron chi connectivity index (χ3n) is 4.74. The van der Waals surface area contributed by atoms with E-state index >= 15 is 0 Å². The molecule has 3 aromatic rings. The van der Waals surface area contributed by atoms with Crippen molar-refractivity contribution in [1.82, 2.24) is 25.1 Å². The minimum Gasteiger partial charge on any atom is -0.357 e. The molecule has 28 heavy (non-hydrogen) atoms. The van der Waals surface area contributed by atoms with Crippen molar-refractivity contribution >= 4 is 23.3 Å². The Hall–Kier alpha value is -2.93. The zero-order valence-electron chi connectivity index (χ0n) is 15.6. The van der Waals surface area contributed by atoms with Crippen molar-refractivity contribution in [3.05, 3.63) is 64.8 Å². The Morgan fingerprint density at radius 1 is 1.18 bits per heavy atom. The first-order valence-electron chi connectivity index (χ1n) is 9.28. The van der Waals surface area contributed by atoms with E-state index in [4.69, 9.17) is 11.6 Å². The number of amides is 1. The fourth-order valence-corrected chi connectivity index (χ4v) is 3.47. The molecular weight excluding hydrogens is 376 g/mol. The summed E-state index contributed by atoms with van der Waals surface area (Å²) >= 11 is 6.22. The Kier molecular flexibility index (Phi) is 5.25. The third-order valence-corrected chi connectivity index (χ3v) is 5.06. The maximum absolute atomic E-state index is 12.5. The normalized spacial score (nSPS) is 13.7. The Morgan fingerprint density at radius 2 is 1.96 bits per heavy atom. The number of aryl methyl sites for hydroxylation is 1. The molecule has 0 unspecified atom stereocenters. The lowest BCUT2D eigenvalue weighted by Crippen LogP contribution is -2.24. The van der Waals surface area contributed by atoms with E-state index in [1.54, 1.807) is 23.9 Å². The summed E-state index contributed by atoms with van der Waals surface area (Å²) in [6, 6.07) is 11.3. The van der Waals surface area contributed by atoms with Gasteiger partial charge < -0.3 is 10.2 Å². The van der Waals surface area contributed by atoms with Crippen LogP contribution in [-0.2, 0) is 6.54 Å². The summed E-state index contributed by atoms with van der Waals surface area (Å²) in [5.74, 6) is 1.36. The number of carbonyl (C=O) groups excluding carboxylic acids is 1. The van der Waals surface area contributed by atoms with Gasteiger partial charge in [-0.25, -0.2) is 14.6 Å². The van der Waals surface area contributed by atoms with Crippen LogP contribution in [-0.4, -0.2) is 38.7 Å². The van der Waals surface area contributed by atoms with Crippen LogP contribution in [0.15, 0.2) is 42.6 Å². The van der Waals surface area contributed by atoms with Gasteiger partial charge in [0, 0.05) is 25.8 Å². The van der Waals surface area contributed by atoms with Crippen LogP contribution in [0.25, 0.3) is 5.69 Å². The molecule has 1 saturated heterocycles. The molecule has 1 N–H and O–H groups in total. The summed E-state index contributed by atoms with van der Waals surface area (Å²) < 4.78 is 1.57. The molecule has 2 aromatic heterocycles. The van der Waals surface area contributed by atoms with Crippen LogP contribution in [0, 0.1) is 6.92 Å². The lowest BCUT2D eigenvalue weighted by molar-refractivity contribution is 0.0940. The van der Waals surface area contributed by atoms with Gasteiger partial charge in [-0.05, 0) is 43.5 Å². The summed E-state index contributed by atoms with van der Waals surface area (Å²) in [4.78, 5) is 23.5. The topological polar surface area (TPSA) is 75.9 Å². The number of pyridine rings is 1. The smallest absolute Gasteiger partial charge is 0.291 e. The molecule has 0 atom stereocenters. The minimum absolute atomic E-state index is 0.110. The zero-order valence-corrected chi connectivity index (χ0v) is 16.4. The molecule has 0 spiro atoms. The van der Waals surface area contributed by atoms with Crippen molar-refractivity contribution in [2.75, 3.05) is 18.0 Å². The van der Waals surface area contributed by atoms with Crippen LogP contribution in [0.2, 0.25) is 5.02 Å². The number of carbonyl (C=O) groups is 1. The fraction of sp³-hybridized carbons (Fsp3) is 0.300. The molecule has 7 nitrogen and oxygen atoms in total. The summed E-state index contributed by atoms with van der Waals surface area (Å²) in [5, 5.41) is 7.70. The van der Waals surface area contributed by atoms with Crippen LogP contribution in [0.4, 0.5) is 5.82 Å². The van der Waals surface area contributed by atoms with Gasteiger partial charge in [-0.2, -0.15) is 0 Å². The van der Waals surface area contributed by atoms with Crippen molar-refractivity contribution in [2.24, 2.45) is 0 Å². The molecule has 0 saturated carbocycles. The average Bonchev–Trinajstić information content (AvgIpc) is 3.37. The Morgan fingerprint density at radius 3 is 2.68 bits per heavy atom. The zero-order chi connectivity index (χ0) is 19.5. The van der Waals surface area contributed by atoms with E-state index in [1.807, 2.05) is 30.3 Å². The van der Waals surface area contributed by atoms with Crippen LogP contribution < -0.4 is 10.2 Å². The molecule has 1 amide bonds. The van der Waals surface area contributed by atoms with E-state index in [1.165, 1.54) is 12.8 Å². The highest BCUT2D eigenvalue weighted by atomic mass is 35.5. The number of hydrogen-bond donors (Lipinski definition) is 1. The van der Waals surface area contributed by atoms with Crippen LogP contribution >= 0.6 is 11.6 Å². The van der Waals surface area contributed by atoms with Crippen molar-refractivity contribution < 1.29 is 4.79 Å². The minimum atomic E-state index is -0.336. The van der Waals surface area contributed by atoms with Crippen LogP contribution in [0.3, 0.4) is 0 Å². The van der Waals surface area contributed by atoms with Crippen molar-refractivity contribution in [2.45, 2.75) is 26.3 Å². The first kappa shape index (κ1) is 18.4. The quantitative estimate of drug-likeness (QED) is 0.716. The molecule has 0 bridgehead atoms. The molecule has 0 radical (unpaired) electrons. The second-order valence-corrected chi connectivity index (χ2v) is 7.15. The van der Waals surface area contributed by atoms with E-state index in [9.17, 15) is 4.79 Å². The predicted octanol–water partition coefficient (Wildman–Crippen LogP) is 3.15. The Labute approximate surface area is 168 Å². The summed E-state index contributed by atoms with van der Waals surface area (Å²) in [6.45, 7) is 4.27. The molecule has 0 aliphatic carbocycles. The number of rotatable bonds is 5. The first-order valence-corrected chi connectivity index (χ1v) is 9.66. The highest BCUT2D eigenvalue weighted by Gasteiger charge is 2.17. The van der Waals surface area contributed by atoms with Gasteiger partial charge in [-0.15, -0.1) is 5.10 Å². The number of benzene rings is 1. The molecule has 144 valence electrons. The summed E-state index contributed by atoms with van der Waals surface area (Å²) in [7, 11) is 0. The largest absolute Gasteiger partial charge is 0.357 e. The van der Waals surface area contributed by atoms with E-state index < -0.39 is 0 Å².